The molecule has 1 aromatic heterocycles. The lowest BCUT2D eigenvalue weighted by molar-refractivity contribution is 0.358. The monoisotopic (exact) mass is 494 g/mol. The summed E-state index contributed by atoms with van der Waals surface area (Å²) < 4.78 is 78.2. The number of halogens is 5. The number of nitrogens with one attached hydrogen (secondary N) is 1. The van der Waals surface area contributed by atoms with Gasteiger partial charge >= 0.3 is 12.0 Å². The van der Waals surface area contributed by atoms with Crippen LogP contribution in [0.3, 0.4) is 0 Å². The zero-order valence-electron chi connectivity index (χ0n) is 18.4. The molecular formula is C22H19F5N6O2. The van der Waals surface area contributed by atoms with Crippen molar-refractivity contribution in [1.29, 1.82) is 0 Å². The number of ether oxygens (including phenoxy) is 2. The number of rotatable bonds is 7. The fourth-order valence-corrected chi connectivity index (χ4v) is 3.34. The van der Waals surface area contributed by atoms with Gasteiger partial charge in [-0.15, -0.1) is 4.98 Å². The Morgan fingerprint density at radius 1 is 0.886 bits per heavy atom. The summed E-state index contributed by atoms with van der Waals surface area (Å²) in [5.74, 6) is -9.73. The van der Waals surface area contributed by atoms with Gasteiger partial charge in [0.15, 0.2) is 23.3 Å². The van der Waals surface area contributed by atoms with Gasteiger partial charge in [-0.05, 0) is 37.0 Å². The summed E-state index contributed by atoms with van der Waals surface area (Å²) in [4.78, 5) is 14.7. The minimum Gasteiger partial charge on any atom is -0.467 e. The average Bonchev–Trinajstić information content (AvgIpc) is 2.89. The molecule has 1 N–H and O–H groups in total. The second-order valence-electron chi connectivity index (χ2n) is 7.44. The first-order chi connectivity index (χ1) is 16.9. The van der Waals surface area contributed by atoms with Crippen molar-refractivity contribution in [3.05, 3.63) is 58.9 Å². The molecule has 3 aromatic rings. The molecule has 1 aliphatic heterocycles. The molecule has 1 saturated heterocycles. The lowest BCUT2D eigenvalue weighted by atomic mass is 10.1. The van der Waals surface area contributed by atoms with Gasteiger partial charge in [0.2, 0.25) is 11.8 Å². The van der Waals surface area contributed by atoms with Crippen LogP contribution in [0.25, 0.3) is 0 Å². The minimum atomic E-state index is -2.25. The molecule has 0 saturated carbocycles. The average molecular weight is 494 g/mol. The Morgan fingerprint density at radius 3 is 2.23 bits per heavy atom. The van der Waals surface area contributed by atoms with Gasteiger partial charge in [0.05, 0.1) is 13.3 Å². The molecule has 2 heterocycles. The maximum atomic E-state index is 13.8. The van der Waals surface area contributed by atoms with Gasteiger partial charge in [0, 0.05) is 13.1 Å². The van der Waals surface area contributed by atoms with Crippen LogP contribution in [0.1, 0.15) is 24.8 Å². The summed E-state index contributed by atoms with van der Waals surface area (Å²) in [5.41, 5.74) is 0.958. The van der Waals surface area contributed by atoms with E-state index in [1.54, 1.807) is 18.2 Å². The van der Waals surface area contributed by atoms with Crippen LogP contribution in [0.2, 0.25) is 0 Å². The highest BCUT2D eigenvalue weighted by atomic mass is 19.2. The molecule has 2 aromatic carbocycles. The number of hydrazone groups is 1. The van der Waals surface area contributed by atoms with Gasteiger partial charge in [-0.2, -0.15) is 15.1 Å². The van der Waals surface area contributed by atoms with Crippen molar-refractivity contribution in [3.8, 4) is 17.8 Å². The summed E-state index contributed by atoms with van der Waals surface area (Å²) in [6.45, 7) is 1.60. The molecule has 8 nitrogen and oxygen atoms in total. The first kappa shape index (κ1) is 24.1. The van der Waals surface area contributed by atoms with Crippen LogP contribution in [-0.4, -0.2) is 41.4 Å². The molecule has 0 amide bonds. The van der Waals surface area contributed by atoms with Crippen LogP contribution in [0.15, 0.2) is 29.4 Å². The number of hydrogen-bond acceptors (Lipinski definition) is 8. The molecule has 1 aliphatic rings. The number of methoxy groups -OCH3 is 1. The lowest BCUT2D eigenvalue weighted by Gasteiger charge is -2.26. The summed E-state index contributed by atoms with van der Waals surface area (Å²) in [5, 5.41) is 3.56. The number of aromatic nitrogens is 3. The predicted molar refractivity (Wildman–Crippen MR) is 116 cm³/mol. The van der Waals surface area contributed by atoms with E-state index >= 15 is 0 Å². The maximum absolute atomic E-state index is 13.8. The fourth-order valence-electron chi connectivity index (χ4n) is 3.34. The van der Waals surface area contributed by atoms with E-state index in [0.717, 1.165) is 38.6 Å². The van der Waals surface area contributed by atoms with E-state index in [4.69, 9.17) is 9.47 Å². The molecule has 0 unspecified atom stereocenters. The minimum absolute atomic E-state index is 0.00829. The molecule has 0 bridgehead atoms. The molecule has 1 fully saturated rings. The van der Waals surface area contributed by atoms with Gasteiger partial charge in [-0.1, -0.05) is 12.1 Å². The first-order valence-corrected chi connectivity index (χ1v) is 10.5. The standard InChI is InChI=1S/C22H19F5N6O2/c1-34-21-29-20(33-8-3-2-4-9-33)30-22(31-21)35-13-7-5-6-12(10-13)11-28-32-19-17(26)15(24)14(23)16(25)18(19)27/h5-7,10-11,32H,2-4,8-9H2,1H3/b28-11-. The molecule has 35 heavy (non-hydrogen) atoms. The third kappa shape index (κ3) is 5.39. The van der Waals surface area contributed by atoms with Crippen molar-refractivity contribution in [2.45, 2.75) is 19.3 Å². The smallest absolute Gasteiger partial charge is 0.330 e. The Balaban J connectivity index is 1.51. The van der Waals surface area contributed by atoms with E-state index in [-0.39, 0.29) is 12.0 Å². The Hall–Kier alpha value is -4.03. The van der Waals surface area contributed by atoms with E-state index in [9.17, 15) is 22.0 Å². The van der Waals surface area contributed by atoms with Gasteiger partial charge in [-0.25, -0.2) is 22.0 Å². The normalized spacial score (nSPS) is 13.8. The van der Waals surface area contributed by atoms with E-state index in [2.05, 4.69) is 20.1 Å². The highest BCUT2D eigenvalue weighted by Gasteiger charge is 2.25. The van der Waals surface area contributed by atoms with Crippen LogP contribution in [0, 0.1) is 29.1 Å². The van der Waals surface area contributed by atoms with E-state index in [1.807, 2.05) is 10.3 Å². The summed E-state index contributed by atoms with van der Waals surface area (Å²) in [7, 11) is 1.42. The number of piperidine rings is 1. The second-order valence-corrected chi connectivity index (χ2v) is 7.44. The zero-order valence-corrected chi connectivity index (χ0v) is 18.4. The Morgan fingerprint density at radius 2 is 1.54 bits per heavy atom. The quantitative estimate of drug-likeness (QED) is 0.166. The largest absolute Gasteiger partial charge is 0.467 e. The maximum Gasteiger partial charge on any atom is 0.330 e. The number of benzene rings is 2. The molecule has 13 heteroatoms. The number of nitrogens with zero attached hydrogens (tertiary/aromatic N) is 5. The zero-order chi connectivity index (χ0) is 24.9. The van der Waals surface area contributed by atoms with Crippen LogP contribution in [-0.2, 0) is 0 Å². The Bertz CT molecular complexity index is 1220. The predicted octanol–water partition coefficient (Wildman–Crippen LogP) is 4.80. The highest BCUT2D eigenvalue weighted by Crippen LogP contribution is 2.27. The van der Waals surface area contributed by atoms with Gasteiger partial charge in [0.25, 0.3) is 0 Å². The summed E-state index contributed by atoms with van der Waals surface area (Å²) in [6, 6.07) is 6.35. The molecule has 0 radical (unpaired) electrons. The van der Waals surface area contributed by atoms with E-state index in [0.29, 0.717) is 17.3 Å². The van der Waals surface area contributed by atoms with Crippen molar-refractivity contribution in [2.75, 3.05) is 30.5 Å². The van der Waals surface area contributed by atoms with Crippen molar-refractivity contribution in [2.24, 2.45) is 5.10 Å². The molecule has 184 valence electrons. The third-order valence-corrected chi connectivity index (χ3v) is 5.07. The third-order valence-electron chi connectivity index (χ3n) is 5.07. The molecule has 4 rings (SSSR count). The van der Waals surface area contributed by atoms with Crippen molar-refractivity contribution < 1.29 is 31.4 Å². The van der Waals surface area contributed by atoms with Crippen molar-refractivity contribution in [1.82, 2.24) is 15.0 Å². The topological polar surface area (TPSA) is 84.8 Å². The van der Waals surface area contributed by atoms with E-state index < -0.39 is 34.8 Å². The van der Waals surface area contributed by atoms with Crippen LogP contribution < -0.4 is 19.8 Å². The van der Waals surface area contributed by atoms with Crippen molar-refractivity contribution in [3.63, 3.8) is 0 Å². The first-order valence-electron chi connectivity index (χ1n) is 10.5. The fraction of sp³-hybridized carbons (Fsp3) is 0.273. The van der Waals surface area contributed by atoms with Gasteiger partial charge in [0.1, 0.15) is 11.4 Å². The molecule has 0 aliphatic carbocycles. The second kappa shape index (κ2) is 10.5. The SMILES string of the molecule is COc1nc(Oc2cccc(/C=N\Nc3c(F)c(F)c(F)c(F)c3F)c2)nc(N2CCCCC2)n1. The van der Waals surface area contributed by atoms with Crippen molar-refractivity contribution >= 4 is 17.9 Å². The Labute approximate surface area is 196 Å². The molecule has 0 atom stereocenters. The molecule has 0 spiro atoms. The van der Waals surface area contributed by atoms with Gasteiger partial charge < -0.3 is 14.4 Å². The van der Waals surface area contributed by atoms with Crippen LogP contribution >= 0.6 is 0 Å². The van der Waals surface area contributed by atoms with Gasteiger partial charge in [-0.3, -0.25) is 5.43 Å². The number of anilines is 2. The highest BCUT2D eigenvalue weighted by molar-refractivity contribution is 5.80. The summed E-state index contributed by atoms with van der Waals surface area (Å²) >= 11 is 0. The number of hydrogen-bond donors (Lipinski definition) is 1. The van der Waals surface area contributed by atoms with Crippen LogP contribution in [0.5, 0.6) is 17.8 Å². The summed E-state index contributed by atoms with van der Waals surface area (Å²) in [6.07, 6.45) is 4.28. The van der Waals surface area contributed by atoms with E-state index in [1.165, 1.54) is 13.2 Å². The lowest BCUT2D eigenvalue weighted by Crippen LogP contribution is -2.31. The molecular weight excluding hydrogens is 475 g/mol. The van der Waals surface area contributed by atoms with Crippen LogP contribution in [0.4, 0.5) is 33.6 Å². The Kier molecular flexibility index (Phi) is 7.22.